The van der Waals surface area contributed by atoms with E-state index in [1.165, 1.54) is 24.9 Å². The fourth-order valence-corrected chi connectivity index (χ4v) is 5.54. The maximum absolute atomic E-state index is 13.1. The minimum absolute atomic E-state index is 0.111. The summed E-state index contributed by atoms with van der Waals surface area (Å²) >= 11 is 0. The third kappa shape index (κ3) is 4.82. The number of piperazine rings is 1. The minimum Gasteiger partial charge on any atom is -0.497 e. The van der Waals surface area contributed by atoms with E-state index in [9.17, 15) is 19.6 Å². The molecule has 2 saturated heterocycles. The van der Waals surface area contributed by atoms with Crippen molar-refractivity contribution in [1.29, 1.82) is 0 Å². The molecule has 3 fully saturated rings. The van der Waals surface area contributed by atoms with Crippen molar-refractivity contribution in [2.24, 2.45) is 5.16 Å². The van der Waals surface area contributed by atoms with Gasteiger partial charge in [-0.05, 0) is 54.8 Å². The van der Waals surface area contributed by atoms with Crippen LogP contribution < -0.4 is 15.4 Å². The number of carbonyl (C=O) groups is 3. The number of ether oxygens (including phenoxy) is 1. The molecule has 0 aromatic heterocycles. The number of rotatable bonds is 5. The van der Waals surface area contributed by atoms with Crippen LogP contribution in [-0.4, -0.2) is 95.0 Å². The predicted octanol–water partition coefficient (Wildman–Crippen LogP) is 1.20. The number of fused-ring (bicyclic) bond motifs is 1. The van der Waals surface area contributed by atoms with Crippen LogP contribution >= 0.6 is 0 Å². The van der Waals surface area contributed by atoms with E-state index in [1.54, 1.807) is 24.3 Å². The molecule has 0 spiro atoms. The van der Waals surface area contributed by atoms with Gasteiger partial charge < -0.3 is 25.1 Å². The molecule has 6 rings (SSSR count). The average molecular weight is 543 g/mol. The quantitative estimate of drug-likeness (QED) is 0.129. The van der Waals surface area contributed by atoms with Gasteiger partial charge in [-0.1, -0.05) is 23.1 Å². The number of benzene rings is 2. The molecular weight excluding hydrogens is 512 g/mol. The zero-order chi connectivity index (χ0) is 27.9. The Bertz CT molecular complexity index is 1450. The second-order valence-corrected chi connectivity index (χ2v) is 10.5. The second-order valence-electron chi connectivity index (χ2n) is 10.5. The number of oxime groups is 1. The van der Waals surface area contributed by atoms with Gasteiger partial charge in [0, 0.05) is 55.5 Å². The highest BCUT2D eigenvalue weighted by Gasteiger charge is 2.48. The lowest BCUT2D eigenvalue weighted by Gasteiger charge is -2.36. The molecule has 11 heteroatoms. The van der Waals surface area contributed by atoms with Gasteiger partial charge in [-0.2, -0.15) is 0 Å². The van der Waals surface area contributed by atoms with Crippen LogP contribution in [0.3, 0.4) is 0 Å². The predicted molar refractivity (Wildman–Crippen MR) is 145 cm³/mol. The molecule has 2 aromatic rings. The Morgan fingerprint density at radius 1 is 1.10 bits per heavy atom. The van der Waals surface area contributed by atoms with Crippen LogP contribution in [0.4, 0.5) is 4.79 Å². The highest BCUT2D eigenvalue weighted by atomic mass is 16.5. The number of methoxy groups -OCH3 is 1. The molecule has 3 N–H and O–H groups in total. The first-order chi connectivity index (χ1) is 19.4. The van der Waals surface area contributed by atoms with Gasteiger partial charge in [0.15, 0.2) is 5.84 Å². The van der Waals surface area contributed by atoms with E-state index in [0.717, 1.165) is 37.3 Å². The molecule has 0 unspecified atom stereocenters. The van der Waals surface area contributed by atoms with Crippen molar-refractivity contribution in [2.45, 2.75) is 31.0 Å². The van der Waals surface area contributed by atoms with Crippen LogP contribution in [0.5, 0.6) is 5.75 Å². The van der Waals surface area contributed by atoms with Crippen LogP contribution in [-0.2, 0) is 11.3 Å². The first kappa shape index (κ1) is 25.7. The molecule has 0 radical (unpaired) electrons. The van der Waals surface area contributed by atoms with E-state index >= 15 is 0 Å². The third-order valence-corrected chi connectivity index (χ3v) is 7.90. The summed E-state index contributed by atoms with van der Waals surface area (Å²) in [6.07, 6.45) is 2.54. The average Bonchev–Trinajstić information content (AvgIpc) is 3.72. The van der Waals surface area contributed by atoms with E-state index in [0.29, 0.717) is 28.8 Å². The number of urea groups is 1. The highest BCUT2D eigenvalue weighted by molar-refractivity contribution is 6.10. The molecule has 1 saturated carbocycles. The third-order valence-electron chi connectivity index (χ3n) is 7.90. The molecule has 4 aliphatic rings. The zero-order valence-corrected chi connectivity index (χ0v) is 22.1. The first-order valence-corrected chi connectivity index (χ1v) is 13.3. The maximum Gasteiger partial charge on any atom is 0.323 e. The number of hydrogen-bond acceptors (Lipinski definition) is 7. The Morgan fingerprint density at radius 2 is 1.85 bits per heavy atom. The molecular formula is C29H30N6O5. The number of amidine groups is 1. The maximum atomic E-state index is 13.1. The van der Waals surface area contributed by atoms with Crippen molar-refractivity contribution in [2.75, 3.05) is 39.8 Å². The van der Waals surface area contributed by atoms with Crippen molar-refractivity contribution < 1.29 is 24.3 Å². The molecule has 40 heavy (non-hydrogen) atoms. The Kier molecular flexibility index (Phi) is 6.56. The van der Waals surface area contributed by atoms with E-state index in [-0.39, 0.29) is 19.0 Å². The zero-order valence-electron chi connectivity index (χ0n) is 22.1. The lowest BCUT2D eigenvalue weighted by atomic mass is 9.99. The summed E-state index contributed by atoms with van der Waals surface area (Å²) < 4.78 is 5.23. The summed E-state index contributed by atoms with van der Waals surface area (Å²) in [5, 5.41) is 18.2. The summed E-state index contributed by atoms with van der Waals surface area (Å²) in [6, 6.07) is 12.5. The summed E-state index contributed by atoms with van der Waals surface area (Å²) in [5.74, 6) is 6.12. The van der Waals surface area contributed by atoms with Gasteiger partial charge in [-0.15, -0.1) is 0 Å². The molecule has 1 atom stereocenters. The fraction of sp³-hybridized carbons (Fsp3) is 0.379. The molecule has 2 aromatic carbocycles. The molecule has 206 valence electrons. The Morgan fingerprint density at radius 3 is 2.48 bits per heavy atom. The number of hydrogen-bond donors (Lipinski definition) is 3. The van der Waals surface area contributed by atoms with E-state index in [2.05, 4.69) is 37.4 Å². The summed E-state index contributed by atoms with van der Waals surface area (Å²) in [6.45, 7) is 3.65. The molecule has 11 nitrogen and oxygen atoms in total. The standard InChI is InChI=1S/C29H30N6O5/c1-40-23-9-6-21-17-35(26(36)24(21)16-23)18-29(27(37)30-28(38)31-29)11-10-19-2-4-20(5-3-19)25(32-39)34-14-12-33(13-15-34)22-7-8-22/h2-6,9,16,22,39H,7-8,12-15,17-18H2,1H3,(H2,30,31,37,38)/b32-25-/t29-/m1/s1. The van der Waals surface area contributed by atoms with Crippen LogP contribution in [0, 0.1) is 11.8 Å². The van der Waals surface area contributed by atoms with Crippen molar-refractivity contribution in [1.82, 2.24) is 25.3 Å². The Labute approximate surface area is 231 Å². The second kappa shape index (κ2) is 10.2. The van der Waals surface area contributed by atoms with Crippen LogP contribution in [0.1, 0.15) is 39.9 Å². The molecule has 3 aliphatic heterocycles. The summed E-state index contributed by atoms with van der Waals surface area (Å²) in [5.41, 5.74) is 1.07. The summed E-state index contributed by atoms with van der Waals surface area (Å²) in [7, 11) is 1.53. The smallest absolute Gasteiger partial charge is 0.323 e. The van der Waals surface area contributed by atoms with Crippen LogP contribution in [0.2, 0.25) is 0 Å². The van der Waals surface area contributed by atoms with Crippen molar-refractivity contribution in [3.8, 4) is 17.6 Å². The topological polar surface area (TPSA) is 127 Å². The van der Waals surface area contributed by atoms with Crippen molar-refractivity contribution in [3.63, 3.8) is 0 Å². The monoisotopic (exact) mass is 542 g/mol. The van der Waals surface area contributed by atoms with Crippen molar-refractivity contribution >= 4 is 23.7 Å². The molecule has 0 bridgehead atoms. The Balaban J connectivity index is 1.18. The minimum atomic E-state index is -1.60. The van der Waals surface area contributed by atoms with Gasteiger partial charge in [0.2, 0.25) is 5.54 Å². The van der Waals surface area contributed by atoms with Gasteiger partial charge in [-0.3, -0.25) is 19.8 Å². The highest BCUT2D eigenvalue weighted by Crippen LogP contribution is 2.29. The molecule has 4 amide bonds. The van der Waals surface area contributed by atoms with Gasteiger partial charge >= 0.3 is 6.03 Å². The van der Waals surface area contributed by atoms with Crippen molar-refractivity contribution in [3.05, 3.63) is 64.7 Å². The van der Waals surface area contributed by atoms with Gasteiger partial charge in [0.25, 0.3) is 11.8 Å². The van der Waals surface area contributed by atoms with Gasteiger partial charge in [0.05, 0.1) is 13.7 Å². The first-order valence-electron chi connectivity index (χ1n) is 13.3. The van der Waals surface area contributed by atoms with Crippen LogP contribution in [0.15, 0.2) is 47.6 Å². The van der Waals surface area contributed by atoms with Gasteiger partial charge in [0.1, 0.15) is 5.75 Å². The van der Waals surface area contributed by atoms with E-state index in [1.807, 2.05) is 18.2 Å². The van der Waals surface area contributed by atoms with E-state index in [4.69, 9.17) is 4.74 Å². The lowest BCUT2D eigenvalue weighted by molar-refractivity contribution is -0.122. The van der Waals surface area contributed by atoms with E-state index < -0.39 is 17.5 Å². The normalized spacial score (nSPS) is 22.9. The lowest BCUT2D eigenvalue weighted by Crippen LogP contribution is -2.54. The Hall–Kier alpha value is -4.56. The molecule has 1 aliphatic carbocycles. The van der Waals surface area contributed by atoms with Gasteiger partial charge in [-0.25, -0.2) is 4.79 Å². The number of imide groups is 1. The number of carbonyl (C=O) groups excluding carboxylic acids is 3. The largest absolute Gasteiger partial charge is 0.497 e. The number of nitrogens with zero attached hydrogens (tertiary/aromatic N) is 4. The van der Waals surface area contributed by atoms with Crippen LogP contribution in [0.25, 0.3) is 0 Å². The number of nitrogens with one attached hydrogen (secondary N) is 2. The number of amides is 4. The molecule has 3 heterocycles. The summed E-state index contributed by atoms with van der Waals surface area (Å²) in [4.78, 5) is 44.2. The fourth-order valence-electron chi connectivity index (χ4n) is 5.54. The SMILES string of the molecule is COc1ccc2c(c1)C(=O)N(C[C@@]1(C#Cc3ccc(/C(=N/O)N4CCN(C5CC5)CC4)cc3)NC(=O)NC1=O)C2.